The second-order valence-electron chi connectivity index (χ2n) is 6.51. The molecule has 1 fully saturated rings. The van der Waals surface area contributed by atoms with Gasteiger partial charge in [-0.3, -0.25) is 0 Å². The molecule has 0 aromatic rings. The number of ether oxygens (including phenoxy) is 2. The predicted octanol–water partition coefficient (Wildman–Crippen LogP) is 4.57. The molecule has 1 rings (SSSR count). The molecule has 0 N–H and O–H groups in total. The fourth-order valence-corrected chi connectivity index (χ4v) is 2.34. The van der Waals surface area contributed by atoms with E-state index in [0.29, 0.717) is 17.8 Å². The number of hydrogen-bond donors (Lipinski definition) is 0. The molecule has 0 bridgehead atoms. The van der Waals surface area contributed by atoms with Crippen molar-refractivity contribution >= 4 is 0 Å². The molecule has 0 aromatic heterocycles. The Kier molecular flexibility index (Phi) is 5.82. The second kappa shape index (κ2) is 6.71. The first-order valence-corrected chi connectivity index (χ1v) is 7.41. The fourth-order valence-electron chi connectivity index (χ4n) is 2.34. The van der Waals surface area contributed by atoms with Gasteiger partial charge in [-0.1, -0.05) is 45.9 Å². The highest BCUT2D eigenvalue weighted by molar-refractivity contribution is 4.99. The molecule has 110 valence electrons. The minimum atomic E-state index is -0.482. The van der Waals surface area contributed by atoms with Crippen LogP contribution in [0.1, 0.15) is 48.0 Å². The van der Waals surface area contributed by atoms with E-state index in [0.717, 1.165) is 6.42 Å². The molecule has 0 aliphatic carbocycles. The van der Waals surface area contributed by atoms with Crippen molar-refractivity contribution in [1.82, 2.24) is 0 Å². The normalized spacial score (nSPS) is 29.8. The Labute approximate surface area is 118 Å². The van der Waals surface area contributed by atoms with E-state index in [2.05, 4.69) is 46.4 Å². The van der Waals surface area contributed by atoms with E-state index in [1.165, 1.54) is 0 Å². The van der Waals surface area contributed by atoms with E-state index >= 15 is 0 Å². The smallest absolute Gasteiger partial charge is 0.163 e. The lowest BCUT2D eigenvalue weighted by atomic mass is 9.93. The van der Waals surface area contributed by atoms with Gasteiger partial charge in [-0.25, -0.2) is 0 Å². The largest absolute Gasteiger partial charge is 0.344 e. The Morgan fingerprint density at radius 2 is 1.74 bits per heavy atom. The van der Waals surface area contributed by atoms with Gasteiger partial charge in [0.05, 0.1) is 12.2 Å². The average molecular weight is 266 g/mol. The van der Waals surface area contributed by atoms with Gasteiger partial charge in [0, 0.05) is 5.92 Å². The van der Waals surface area contributed by atoms with Crippen LogP contribution in [0.5, 0.6) is 0 Å². The van der Waals surface area contributed by atoms with Crippen LogP contribution >= 0.6 is 0 Å². The van der Waals surface area contributed by atoms with Crippen LogP contribution in [-0.4, -0.2) is 18.0 Å². The molecule has 19 heavy (non-hydrogen) atoms. The second-order valence-corrected chi connectivity index (χ2v) is 6.51. The summed E-state index contributed by atoms with van der Waals surface area (Å²) in [5, 5.41) is 0. The predicted molar refractivity (Wildman–Crippen MR) is 80.9 cm³/mol. The van der Waals surface area contributed by atoms with Crippen molar-refractivity contribution < 1.29 is 9.47 Å². The minimum Gasteiger partial charge on any atom is -0.344 e. The highest BCUT2D eigenvalue weighted by Gasteiger charge is 2.42. The SMILES string of the molecule is C=CC[C@@H]1OC(C)(C)O[C@H]1[C@H](C)/C=C\[C@@H](C)C(C)C. The van der Waals surface area contributed by atoms with Gasteiger partial charge in [0.2, 0.25) is 0 Å². The van der Waals surface area contributed by atoms with E-state index in [9.17, 15) is 0 Å². The summed E-state index contributed by atoms with van der Waals surface area (Å²) in [6.45, 7) is 16.7. The molecule has 1 heterocycles. The van der Waals surface area contributed by atoms with Crippen molar-refractivity contribution in [2.75, 3.05) is 0 Å². The molecule has 0 aromatic carbocycles. The molecule has 0 saturated carbocycles. The molecule has 0 radical (unpaired) electrons. The van der Waals surface area contributed by atoms with Gasteiger partial charge in [-0.15, -0.1) is 6.58 Å². The maximum absolute atomic E-state index is 6.05. The van der Waals surface area contributed by atoms with Crippen molar-refractivity contribution in [2.24, 2.45) is 17.8 Å². The van der Waals surface area contributed by atoms with Crippen molar-refractivity contribution in [3.8, 4) is 0 Å². The first kappa shape index (κ1) is 16.5. The molecule has 1 aliphatic rings. The van der Waals surface area contributed by atoms with Gasteiger partial charge in [-0.2, -0.15) is 0 Å². The minimum absolute atomic E-state index is 0.113. The third-order valence-corrected chi connectivity index (χ3v) is 3.91. The third-order valence-electron chi connectivity index (χ3n) is 3.91. The van der Waals surface area contributed by atoms with Gasteiger partial charge >= 0.3 is 0 Å². The highest BCUT2D eigenvalue weighted by Crippen LogP contribution is 2.34. The summed E-state index contributed by atoms with van der Waals surface area (Å²) >= 11 is 0. The summed E-state index contributed by atoms with van der Waals surface area (Å²) in [7, 11) is 0. The maximum Gasteiger partial charge on any atom is 0.163 e. The van der Waals surface area contributed by atoms with Crippen LogP contribution in [0.4, 0.5) is 0 Å². The quantitative estimate of drug-likeness (QED) is 0.656. The van der Waals surface area contributed by atoms with E-state index in [4.69, 9.17) is 9.47 Å². The summed E-state index contributed by atoms with van der Waals surface area (Å²) in [5.74, 6) is 1.14. The molecule has 1 saturated heterocycles. The summed E-state index contributed by atoms with van der Waals surface area (Å²) < 4.78 is 12.0. The molecular weight excluding hydrogens is 236 g/mol. The molecule has 2 nitrogen and oxygen atoms in total. The number of hydrogen-bond acceptors (Lipinski definition) is 2. The molecule has 0 amide bonds. The molecule has 2 heteroatoms. The van der Waals surface area contributed by atoms with Gasteiger partial charge in [0.1, 0.15) is 0 Å². The van der Waals surface area contributed by atoms with Crippen LogP contribution in [-0.2, 0) is 9.47 Å². The summed E-state index contributed by atoms with van der Waals surface area (Å²) in [6.07, 6.45) is 7.55. The molecule has 0 spiro atoms. The Morgan fingerprint density at radius 1 is 1.11 bits per heavy atom. The first-order chi connectivity index (χ1) is 8.76. The van der Waals surface area contributed by atoms with Crippen molar-refractivity contribution in [2.45, 2.75) is 66.0 Å². The van der Waals surface area contributed by atoms with Crippen molar-refractivity contribution in [1.29, 1.82) is 0 Å². The van der Waals surface area contributed by atoms with Crippen LogP contribution in [0.25, 0.3) is 0 Å². The average Bonchev–Trinajstić information content (AvgIpc) is 2.61. The standard InChI is InChI=1S/C17H30O2/c1-8-9-15-16(19-17(6,7)18-15)14(5)11-10-13(4)12(2)3/h8,10-16H,1,9H2,2-7H3/b11-10-/t13-,14-,15+,16+/m1/s1. The van der Waals surface area contributed by atoms with E-state index in [-0.39, 0.29) is 12.2 Å². The van der Waals surface area contributed by atoms with Gasteiger partial charge in [0.25, 0.3) is 0 Å². The molecular formula is C17H30O2. The van der Waals surface area contributed by atoms with Gasteiger partial charge < -0.3 is 9.47 Å². The third kappa shape index (κ3) is 4.77. The van der Waals surface area contributed by atoms with E-state index in [1.807, 2.05) is 19.9 Å². The van der Waals surface area contributed by atoms with Crippen molar-refractivity contribution in [3.63, 3.8) is 0 Å². The lowest BCUT2D eigenvalue weighted by molar-refractivity contribution is -0.148. The van der Waals surface area contributed by atoms with Crippen LogP contribution in [0, 0.1) is 17.8 Å². The van der Waals surface area contributed by atoms with Crippen LogP contribution in [0.2, 0.25) is 0 Å². The summed E-state index contributed by atoms with van der Waals surface area (Å²) in [5.41, 5.74) is 0. The van der Waals surface area contributed by atoms with Crippen LogP contribution in [0.3, 0.4) is 0 Å². The zero-order chi connectivity index (χ0) is 14.6. The number of rotatable bonds is 6. The highest BCUT2D eigenvalue weighted by atomic mass is 16.7. The Bertz CT molecular complexity index is 317. The topological polar surface area (TPSA) is 18.5 Å². The van der Waals surface area contributed by atoms with Crippen LogP contribution in [0.15, 0.2) is 24.8 Å². The van der Waals surface area contributed by atoms with Crippen LogP contribution < -0.4 is 0 Å². The van der Waals surface area contributed by atoms with Gasteiger partial charge in [0.15, 0.2) is 5.79 Å². The first-order valence-electron chi connectivity index (χ1n) is 7.41. The zero-order valence-corrected chi connectivity index (χ0v) is 13.3. The monoisotopic (exact) mass is 266 g/mol. The summed E-state index contributed by atoms with van der Waals surface area (Å²) in [6, 6.07) is 0. The fraction of sp³-hybridized carbons (Fsp3) is 0.765. The molecule has 4 atom stereocenters. The Morgan fingerprint density at radius 3 is 2.26 bits per heavy atom. The lowest BCUT2D eigenvalue weighted by Crippen LogP contribution is -2.28. The van der Waals surface area contributed by atoms with E-state index < -0.39 is 5.79 Å². The Hall–Kier alpha value is -0.600. The van der Waals surface area contributed by atoms with Gasteiger partial charge in [-0.05, 0) is 32.1 Å². The lowest BCUT2D eigenvalue weighted by Gasteiger charge is -2.21. The molecule has 0 unspecified atom stereocenters. The van der Waals surface area contributed by atoms with E-state index in [1.54, 1.807) is 0 Å². The molecule has 1 aliphatic heterocycles. The Balaban J connectivity index is 2.68. The number of allylic oxidation sites excluding steroid dienone is 1. The maximum atomic E-state index is 6.05. The zero-order valence-electron chi connectivity index (χ0n) is 13.3. The summed E-state index contributed by atoms with van der Waals surface area (Å²) in [4.78, 5) is 0. The van der Waals surface area contributed by atoms with Crippen molar-refractivity contribution in [3.05, 3.63) is 24.8 Å².